The molecule has 2 aromatic rings. The van der Waals surface area contributed by atoms with Crippen molar-refractivity contribution >= 4 is 23.0 Å². The lowest BCUT2D eigenvalue weighted by Gasteiger charge is -2.05. The van der Waals surface area contributed by atoms with E-state index in [4.69, 9.17) is 5.73 Å². The number of rotatable bonds is 3. The van der Waals surface area contributed by atoms with E-state index >= 15 is 0 Å². The number of nitrogens with two attached hydrogens (primary N) is 1. The van der Waals surface area contributed by atoms with Crippen molar-refractivity contribution in [1.29, 1.82) is 0 Å². The lowest BCUT2D eigenvalue weighted by atomic mass is 10.2. The molecule has 0 fully saturated rings. The number of guanidine groups is 1. The minimum Gasteiger partial charge on any atom is -0.370 e. The van der Waals surface area contributed by atoms with Gasteiger partial charge in [-0.2, -0.15) is 0 Å². The molecule has 1 aromatic carbocycles. The van der Waals surface area contributed by atoms with Crippen LogP contribution in [-0.2, 0) is 6.54 Å². The summed E-state index contributed by atoms with van der Waals surface area (Å²) >= 11 is 1.66. The molecule has 0 aliphatic heterocycles. The quantitative estimate of drug-likeness (QED) is 0.668. The second-order valence-electron chi connectivity index (χ2n) is 4.45. The van der Waals surface area contributed by atoms with Crippen molar-refractivity contribution < 1.29 is 0 Å². The third-order valence-corrected chi connectivity index (χ3v) is 3.81. The van der Waals surface area contributed by atoms with Gasteiger partial charge in [-0.3, -0.25) is 0 Å². The van der Waals surface area contributed by atoms with E-state index in [1.807, 2.05) is 38.1 Å². The summed E-state index contributed by atoms with van der Waals surface area (Å²) in [5.74, 6) is 0.413. The number of aryl methyl sites for hydroxylation is 3. The van der Waals surface area contributed by atoms with Gasteiger partial charge in [0.2, 0.25) is 0 Å². The topological polar surface area (TPSA) is 63.3 Å². The molecule has 0 saturated carbocycles. The number of benzene rings is 1. The highest BCUT2D eigenvalue weighted by molar-refractivity contribution is 7.11. The number of nitrogens with zero attached hydrogens (tertiary/aromatic N) is 2. The molecule has 0 spiro atoms. The smallest absolute Gasteiger partial charge is 0.193 e. The van der Waals surface area contributed by atoms with Crippen LogP contribution < -0.4 is 11.1 Å². The van der Waals surface area contributed by atoms with Crippen LogP contribution in [0, 0.1) is 20.8 Å². The van der Waals surface area contributed by atoms with Crippen LogP contribution in [0.2, 0.25) is 0 Å². The molecule has 0 atom stereocenters. The van der Waals surface area contributed by atoms with Crippen LogP contribution >= 0.6 is 11.3 Å². The average molecular weight is 274 g/mol. The van der Waals surface area contributed by atoms with Crippen molar-refractivity contribution in [3.05, 3.63) is 45.4 Å². The van der Waals surface area contributed by atoms with Crippen LogP contribution in [0.1, 0.15) is 21.1 Å². The molecule has 0 radical (unpaired) electrons. The summed E-state index contributed by atoms with van der Waals surface area (Å²) < 4.78 is 0. The van der Waals surface area contributed by atoms with Gasteiger partial charge in [-0.15, -0.1) is 11.3 Å². The number of nitrogens with one attached hydrogen (secondary N) is 1. The van der Waals surface area contributed by atoms with Crippen LogP contribution in [0.3, 0.4) is 0 Å². The molecule has 3 N–H and O–H groups in total. The zero-order valence-corrected chi connectivity index (χ0v) is 12.2. The highest BCUT2D eigenvalue weighted by atomic mass is 32.1. The van der Waals surface area contributed by atoms with Crippen LogP contribution in [-0.4, -0.2) is 10.9 Å². The first kappa shape index (κ1) is 13.5. The van der Waals surface area contributed by atoms with E-state index in [1.165, 1.54) is 10.4 Å². The highest BCUT2D eigenvalue weighted by Gasteiger charge is 2.03. The largest absolute Gasteiger partial charge is 0.370 e. The monoisotopic (exact) mass is 274 g/mol. The Bertz CT molecular complexity index is 582. The Labute approximate surface area is 117 Å². The van der Waals surface area contributed by atoms with Gasteiger partial charge in [-0.1, -0.05) is 12.1 Å². The SMILES string of the molecule is Cc1cccc(NC(N)=NCc2nc(C)c(C)s2)c1. The summed E-state index contributed by atoms with van der Waals surface area (Å²) in [5, 5.41) is 4.07. The molecule has 0 amide bonds. The third kappa shape index (κ3) is 3.79. The first-order valence-corrected chi connectivity index (χ1v) is 6.93. The second-order valence-corrected chi connectivity index (χ2v) is 5.73. The Morgan fingerprint density at radius 3 is 2.79 bits per heavy atom. The Morgan fingerprint density at radius 1 is 1.37 bits per heavy atom. The summed E-state index contributed by atoms with van der Waals surface area (Å²) in [6.07, 6.45) is 0. The van der Waals surface area contributed by atoms with Crippen molar-refractivity contribution in [1.82, 2.24) is 4.98 Å². The fourth-order valence-corrected chi connectivity index (χ4v) is 2.53. The molecular formula is C14H18N4S. The van der Waals surface area contributed by atoms with E-state index < -0.39 is 0 Å². The van der Waals surface area contributed by atoms with Gasteiger partial charge >= 0.3 is 0 Å². The second kappa shape index (κ2) is 5.84. The van der Waals surface area contributed by atoms with Crippen LogP contribution in [0.15, 0.2) is 29.3 Å². The highest BCUT2D eigenvalue weighted by Crippen LogP contribution is 2.17. The van der Waals surface area contributed by atoms with Gasteiger partial charge in [0, 0.05) is 10.6 Å². The predicted molar refractivity (Wildman–Crippen MR) is 81.7 cm³/mol. The molecule has 0 aliphatic rings. The number of thiazole rings is 1. The number of anilines is 1. The number of aliphatic imine (C=N–C) groups is 1. The molecule has 0 aliphatic carbocycles. The van der Waals surface area contributed by atoms with Crippen molar-refractivity contribution in [2.75, 3.05) is 5.32 Å². The van der Waals surface area contributed by atoms with E-state index in [2.05, 4.69) is 22.2 Å². The molecular weight excluding hydrogens is 256 g/mol. The Hall–Kier alpha value is -1.88. The number of hydrogen-bond donors (Lipinski definition) is 2. The summed E-state index contributed by atoms with van der Waals surface area (Å²) in [6.45, 7) is 6.63. The number of aromatic nitrogens is 1. The summed E-state index contributed by atoms with van der Waals surface area (Å²) in [6, 6.07) is 8.02. The molecule has 5 heteroatoms. The molecule has 0 saturated heterocycles. The summed E-state index contributed by atoms with van der Waals surface area (Å²) in [4.78, 5) is 9.97. The average Bonchev–Trinajstić information content (AvgIpc) is 2.66. The van der Waals surface area contributed by atoms with E-state index in [0.29, 0.717) is 12.5 Å². The summed E-state index contributed by atoms with van der Waals surface area (Å²) in [5.41, 5.74) is 9.07. The molecule has 1 heterocycles. The van der Waals surface area contributed by atoms with Gasteiger partial charge in [0.15, 0.2) is 5.96 Å². The predicted octanol–water partition coefficient (Wildman–Crippen LogP) is 3.00. The van der Waals surface area contributed by atoms with E-state index in [9.17, 15) is 0 Å². The minimum atomic E-state index is 0.413. The molecule has 2 rings (SSSR count). The van der Waals surface area contributed by atoms with E-state index in [-0.39, 0.29) is 0 Å². The Balaban J connectivity index is 1.99. The van der Waals surface area contributed by atoms with Gasteiger partial charge in [0.05, 0.1) is 12.2 Å². The van der Waals surface area contributed by atoms with Gasteiger partial charge in [-0.25, -0.2) is 9.98 Å². The van der Waals surface area contributed by atoms with E-state index in [0.717, 1.165) is 16.4 Å². The molecule has 0 bridgehead atoms. The van der Waals surface area contributed by atoms with Gasteiger partial charge < -0.3 is 11.1 Å². The van der Waals surface area contributed by atoms with Crippen LogP contribution in [0.25, 0.3) is 0 Å². The molecule has 4 nitrogen and oxygen atoms in total. The molecule has 1 aromatic heterocycles. The van der Waals surface area contributed by atoms with Crippen molar-refractivity contribution in [2.45, 2.75) is 27.3 Å². The maximum Gasteiger partial charge on any atom is 0.193 e. The molecule has 100 valence electrons. The zero-order chi connectivity index (χ0) is 13.8. The zero-order valence-electron chi connectivity index (χ0n) is 11.4. The minimum absolute atomic E-state index is 0.413. The first-order valence-electron chi connectivity index (χ1n) is 6.11. The lowest BCUT2D eigenvalue weighted by Crippen LogP contribution is -2.22. The third-order valence-electron chi connectivity index (χ3n) is 2.75. The lowest BCUT2D eigenvalue weighted by molar-refractivity contribution is 1.01. The normalized spacial score (nSPS) is 11.6. The standard InChI is InChI=1S/C14H18N4S/c1-9-5-4-6-12(7-9)18-14(15)16-8-13-17-10(2)11(3)19-13/h4-7H,8H2,1-3H3,(H3,15,16,18). The Morgan fingerprint density at radius 2 is 2.16 bits per heavy atom. The fraction of sp³-hybridized carbons (Fsp3) is 0.286. The number of hydrogen-bond acceptors (Lipinski definition) is 3. The Kier molecular flexibility index (Phi) is 4.16. The fourth-order valence-electron chi connectivity index (χ4n) is 1.67. The van der Waals surface area contributed by atoms with Crippen LogP contribution in [0.4, 0.5) is 5.69 Å². The van der Waals surface area contributed by atoms with Crippen molar-refractivity contribution in [2.24, 2.45) is 10.7 Å². The van der Waals surface area contributed by atoms with Gasteiger partial charge in [-0.05, 0) is 38.5 Å². The van der Waals surface area contributed by atoms with Gasteiger partial charge in [0.1, 0.15) is 5.01 Å². The van der Waals surface area contributed by atoms with Crippen LogP contribution in [0.5, 0.6) is 0 Å². The maximum atomic E-state index is 5.86. The molecule has 0 unspecified atom stereocenters. The molecule has 19 heavy (non-hydrogen) atoms. The van der Waals surface area contributed by atoms with Crippen molar-refractivity contribution in [3.8, 4) is 0 Å². The first-order chi connectivity index (χ1) is 9.04. The van der Waals surface area contributed by atoms with Crippen molar-refractivity contribution in [3.63, 3.8) is 0 Å². The maximum absolute atomic E-state index is 5.86. The van der Waals surface area contributed by atoms with E-state index in [1.54, 1.807) is 11.3 Å². The summed E-state index contributed by atoms with van der Waals surface area (Å²) in [7, 11) is 0. The van der Waals surface area contributed by atoms with Gasteiger partial charge in [0.25, 0.3) is 0 Å².